The van der Waals surface area contributed by atoms with Gasteiger partial charge in [-0.25, -0.2) is 4.98 Å². The first-order chi connectivity index (χ1) is 12.6. The third-order valence-corrected chi connectivity index (χ3v) is 5.06. The lowest BCUT2D eigenvalue weighted by Crippen LogP contribution is -2.35. The van der Waals surface area contributed by atoms with Gasteiger partial charge in [0.2, 0.25) is 5.75 Å². The van der Waals surface area contributed by atoms with Gasteiger partial charge in [-0.2, -0.15) is 0 Å². The molecule has 0 radical (unpaired) electrons. The van der Waals surface area contributed by atoms with Gasteiger partial charge in [0.05, 0.1) is 19.9 Å². The van der Waals surface area contributed by atoms with E-state index in [2.05, 4.69) is 9.88 Å². The van der Waals surface area contributed by atoms with Gasteiger partial charge in [0, 0.05) is 31.1 Å². The van der Waals surface area contributed by atoms with Gasteiger partial charge >= 0.3 is 0 Å². The molecule has 0 saturated heterocycles. The highest BCUT2D eigenvalue weighted by Gasteiger charge is 2.29. The lowest BCUT2D eigenvalue weighted by Gasteiger charge is -2.28. The van der Waals surface area contributed by atoms with Gasteiger partial charge in [0.15, 0.2) is 11.5 Å². The maximum Gasteiger partial charge on any atom is 0.254 e. The fourth-order valence-electron chi connectivity index (χ4n) is 3.55. The summed E-state index contributed by atoms with van der Waals surface area (Å²) in [7, 11) is 3.05. The largest absolute Gasteiger partial charge is 0.504 e. The van der Waals surface area contributed by atoms with E-state index in [1.54, 1.807) is 13.2 Å². The highest BCUT2D eigenvalue weighted by atomic mass is 16.5. The van der Waals surface area contributed by atoms with Crippen LogP contribution >= 0.6 is 0 Å². The molecule has 2 aliphatic rings. The van der Waals surface area contributed by atoms with Crippen LogP contribution in [-0.2, 0) is 19.5 Å². The number of benzene rings is 1. The highest BCUT2D eigenvalue weighted by Crippen LogP contribution is 2.39. The molecule has 138 valence electrons. The number of nitrogens with one attached hydrogen (secondary N) is 1. The second-order valence-corrected chi connectivity index (χ2v) is 6.96. The van der Waals surface area contributed by atoms with Crippen LogP contribution in [0.4, 0.5) is 0 Å². The Kier molecular flexibility index (Phi) is 4.32. The quantitative estimate of drug-likeness (QED) is 0.850. The number of ether oxygens (including phenoxy) is 2. The molecule has 1 saturated carbocycles. The molecule has 1 aromatic carbocycles. The predicted octanol–water partition coefficient (Wildman–Crippen LogP) is 1.93. The second kappa shape index (κ2) is 6.64. The van der Waals surface area contributed by atoms with Crippen molar-refractivity contribution in [1.29, 1.82) is 0 Å². The Morgan fingerprint density at radius 1 is 1.31 bits per heavy atom. The number of fused-ring (bicyclic) bond motifs is 1. The Bertz CT molecular complexity index is 889. The van der Waals surface area contributed by atoms with Gasteiger partial charge in [0.1, 0.15) is 5.82 Å². The number of aromatic nitrogens is 2. The van der Waals surface area contributed by atoms with E-state index < -0.39 is 0 Å². The van der Waals surface area contributed by atoms with Crippen LogP contribution in [0.1, 0.15) is 41.4 Å². The smallest absolute Gasteiger partial charge is 0.254 e. The van der Waals surface area contributed by atoms with Crippen LogP contribution in [-0.4, -0.2) is 40.7 Å². The molecule has 1 fully saturated rings. The minimum Gasteiger partial charge on any atom is -0.504 e. The topological polar surface area (TPSA) is 87.7 Å². The Morgan fingerprint density at radius 3 is 2.81 bits per heavy atom. The summed E-state index contributed by atoms with van der Waals surface area (Å²) in [5, 5.41) is 10.2. The van der Waals surface area contributed by atoms with Crippen molar-refractivity contribution < 1.29 is 14.6 Å². The van der Waals surface area contributed by atoms with Crippen molar-refractivity contribution in [3.05, 3.63) is 45.1 Å². The van der Waals surface area contributed by atoms with Crippen LogP contribution in [0.2, 0.25) is 0 Å². The molecule has 0 amide bonds. The molecule has 7 heteroatoms. The molecule has 1 aliphatic heterocycles. The summed E-state index contributed by atoms with van der Waals surface area (Å²) in [4.78, 5) is 22.2. The van der Waals surface area contributed by atoms with E-state index in [0.717, 1.165) is 42.0 Å². The molecular formula is C19H23N3O4. The number of nitrogens with zero attached hydrogens (tertiary/aromatic N) is 2. The first-order valence-corrected chi connectivity index (χ1v) is 8.87. The number of methoxy groups -OCH3 is 2. The third-order valence-electron chi connectivity index (χ3n) is 5.06. The molecule has 0 atom stereocenters. The molecule has 0 spiro atoms. The molecule has 2 aromatic rings. The van der Waals surface area contributed by atoms with E-state index in [1.807, 2.05) is 6.07 Å². The zero-order chi connectivity index (χ0) is 18.3. The summed E-state index contributed by atoms with van der Waals surface area (Å²) in [6.07, 6.45) is 2.90. The Morgan fingerprint density at radius 2 is 2.12 bits per heavy atom. The number of H-pyrrole nitrogens is 1. The van der Waals surface area contributed by atoms with Gasteiger partial charge in [-0.1, -0.05) is 0 Å². The van der Waals surface area contributed by atoms with Crippen molar-refractivity contribution in [2.75, 3.05) is 20.8 Å². The molecule has 0 unspecified atom stereocenters. The molecule has 2 heterocycles. The number of phenols is 1. The molecular weight excluding hydrogens is 334 g/mol. The molecule has 26 heavy (non-hydrogen) atoms. The van der Waals surface area contributed by atoms with Crippen molar-refractivity contribution >= 4 is 0 Å². The first kappa shape index (κ1) is 16.9. The monoisotopic (exact) mass is 357 g/mol. The van der Waals surface area contributed by atoms with E-state index in [1.165, 1.54) is 7.11 Å². The van der Waals surface area contributed by atoms with Gasteiger partial charge in [-0.05, 0) is 37.0 Å². The standard InChI is InChI=1S/C19H23N3O4/c1-25-16-8-11(7-15(23)17(16)26-2)9-22-6-5-13-14(10-22)20-18(12-3-4-12)21-19(13)24/h7-8,12,23H,3-6,9-10H2,1-2H3,(H,20,21,24). The molecule has 0 bridgehead atoms. The Hall–Kier alpha value is -2.54. The summed E-state index contributed by atoms with van der Waals surface area (Å²) < 4.78 is 10.5. The average Bonchev–Trinajstić information content (AvgIpc) is 3.46. The summed E-state index contributed by atoms with van der Waals surface area (Å²) in [5.74, 6) is 2.16. The van der Waals surface area contributed by atoms with Gasteiger partial charge in [0.25, 0.3) is 5.56 Å². The Balaban J connectivity index is 1.56. The molecule has 7 nitrogen and oxygen atoms in total. The number of rotatable bonds is 5. The van der Waals surface area contributed by atoms with E-state index in [-0.39, 0.29) is 11.3 Å². The van der Waals surface area contributed by atoms with Gasteiger partial charge < -0.3 is 19.6 Å². The van der Waals surface area contributed by atoms with Gasteiger partial charge in [-0.15, -0.1) is 0 Å². The van der Waals surface area contributed by atoms with Crippen LogP contribution in [0.25, 0.3) is 0 Å². The van der Waals surface area contributed by atoms with Crippen molar-refractivity contribution in [3.63, 3.8) is 0 Å². The van der Waals surface area contributed by atoms with E-state index in [9.17, 15) is 9.90 Å². The maximum atomic E-state index is 12.3. The number of hydrogen-bond acceptors (Lipinski definition) is 6. The fourth-order valence-corrected chi connectivity index (χ4v) is 3.55. The normalized spacial score (nSPS) is 17.0. The first-order valence-electron chi connectivity index (χ1n) is 8.87. The third kappa shape index (κ3) is 3.14. The summed E-state index contributed by atoms with van der Waals surface area (Å²) in [5.41, 5.74) is 2.63. The van der Waals surface area contributed by atoms with Crippen LogP contribution in [0.5, 0.6) is 17.2 Å². The Labute approximate surface area is 151 Å². The zero-order valence-electron chi connectivity index (χ0n) is 15.0. The van der Waals surface area contributed by atoms with Crippen molar-refractivity contribution in [1.82, 2.24) is 14.9 Å². The van der Waals surface area contributed by atoms with Crippen LogP contribution in [0, 0.1) is 0 Å². The average molecular weight is 357 g/mol. The van der Waals surface area contributed by atoms with E-state index >= 15 is 0 Å². The highest BCUT2D eigenvalue weighted by molar-refractivity contribution is 5.53. The van der Waals surface area contributed by atoms with Crippen LogP contribution in [0.3, 0.4) is 0 Å². The second-order valence-electron chi connectivity index (χ2n) is 6.96. The lowest BCUT2D eigenvalue weighted by atomic mass is 10.0. The molecule has 2 N–H and O–H groups in total. The SMILES string of the molecule is COc1cc(CN2CCc3c(nc(C4CC4)[nH]c3=O)C2)cc(O)c1OC. The zero-order valence-corrected chi connectivity index (χ0v) is 15.0. The van der Waals surface area contributed by atoms with E-state index in [4.69, 9.17) is 14.5 Å². The molecule has 4 rings (SSSR count). The number of hydrogen-bond donors (Lipinski definition) is 2. The lowest BCUT2D eigenvalue weighted by molar-refractivity contribution is 0.239. The van der Waals surface area contributed by atoms with E-state index in [0.29, 0.717) is 36.9 Å². The number of phenolic OH excluding ortho intramolecular Hbond substituents is 1. The minimum absolute atomic E-state index is 0.0142. The molecule has 1 aliphatic carbocycles. The predicted molar refractivity (Wildman–Crippen MR) is 95.9 cm³/mol. The van der Waals surface area contributed by atoms with Crippen molar-refractivity contribution in [2.24, 2.45) is 0 Å². The van der Waals surface area contributed by atoms with Crippen molar-refractivity contribution in [2.45, 2.75) is 38.3 Å². The van der Waals surface area contributed by atoms with Crippen molar-refractivity contribution in [3.8, 4) is 17.2 Å². The number of aromatic hydroxyl groups is 1. The number of aromatic amines is 1. The molecule has 1 aromatic heterocycles. The summed E-state index contributed by atoms with van der Waals surface area (Å²) in [6.45, 7) is 2.05. The maximum absolute atomic E-state index is 12.3. The minimum atomic E-state index is 0.0142. The van der Waals surface area contributed by atoms with Gasteiger partial charge in [-0.3, -0.25) is 9.69 Å². The van der Waals surface area contributed by atoms with Crippen LogP contribution < -0.4 is 15.0 Å². The fraction of sp³-hybridized carbons (Fsp3) is 0.474. The summed E-state index contributed by atoms with van der Waals surface area (Å²) >= 11 is 0. The summed E-state index contributed by atoms with van der Waals surface area (Å²) in [6, 6.07) is 3.56. The van der Waals surface area contributed by atoms with Crippen LogP contribution in [0.15, 0.2) is 16.9 Å².